The van der Waals surface area contributed by atoms with E-state index in [1.165, 1.54) is 6.07 Å². The summed E-state index contributed by atoms with van der Waals surface area (Å²) in [4.78, 5) is 31.7. The second kappa shape index (κ2) is 7.61. The van der Waals surface area contributed by atoms with Crippen LogP contribution < -0.4 is 21.3 Å². The Bertz CT molecular complexity index is 908. The molecule has 2 aromatic rings. The van der Waals surface area contributed by atoms with Gasteiger partial charge in [0.05, 0.1) is 10.6 Å². The van der Waals surface area contributed by atoms with Gasteiger partial charge in [0.1, 0.15) is 6.17 Å². The number of amides is 1. The van der Waals surface area contributed by atoms with Crippen LogP contribution in [0.2, 0.25) is 5.02 Å². The molecule has 1 atom stereocenters. The SMILES string of the molecule is CCCc1cc(=O)[nH]c(N2NC(C)=CC2NC(=O)c2ccccc2Cl)n1. The normalized spacial score (nSPS) is 16.2. The van der Waals surface area contributed by atoms with Crippen molar-refractivity contribution >= 4 is 23.5 Å². The van der Waals surface area contributed by atoms with Crippen molar-refractivity contribution in [1.29, 1.82) is 0 Å². The number of nitrogens with zero attached hydrogens (tertiary/aromatic N) is 2. The highest BCUT2D eigenvalue weighted by molar-refractivity contribution is 6.33. The number of anilines is 1. The lowest BCUT2D eigenvalue weighted by Crippen LogP contribution is -2.50. The Morgan fingerprint density at radius 3 is 2.88 bits per heavy atom. The van der Waals surface area contributed by atoms with Gasteiger partial charge in [0.25, 0.3) is 11.5 Å². The van der Waals surface area contributed by atoms with E-state index in [0.29, 0.717) is 28.6 Å². The third kappa shape index (κ3) is 3.88. The van der Waals surface area contributed by atoms with Crippen LogP contribution in [0.5, 0.6) is 0 Å². The van der Waals surface area contributed by atoms with E-state index >= 15 is 0 Å². The quantitative estimate of drug-likeness (QED) is 0.748. The number of H-pyrrole nitrogens is 1. The fraction of sp³-hybridized carbons (Fsp3) is 0.278. The van der Waals surface area contributed by atoms with E-state index in [2.05, 4.69) is 20.7 Å². The van der Waals surface area contributed by atoms with Gasteiger partial charge in [-0.05, 0) is 31.6 Å². The number of hydrogen-bond acceptors (Lipinski definition) is 5. The molecule has 0 saturated carbocycles. The van der Waals surface area contributed by atoms with Gasteiger partial charge in [0.15, 0.2) is 0 Å². The molecule has 1 aromatic heterocycles. The molecule has 1 amide bonds. The van der Waals surface area contributed by atoms with Crippen LogP contribution in [0.1, 0.15) is 36.3 Å². The second-order valence-corrected chi connectivity index (χ2v) is 6.45. The zero-order valence-electron chi connectivity index (χ0n) is 14.5. The molecule has 2 heterocycles. The van der Waals surface area contributed by atoms with Gasteiger partial charge in [0, 0.05) is 17.5 Å². The zero-order valence-corrected chi connectivity index (χ0v) is 15.3. The van der Waals surface area contributed by atoms with Crippen molar-refractivity contribution in [2.45, 2.75) is 32.9 Å². The van der Waals surface area contributed by atoms with Crippen molar-refractivity contribution in [3.05, 3.63) is 68.7 Å². The van der Waals surface area contributed by atoms with Crippen LogP contribution in [-0.2, 0) is 6.42 Å². The van der Waals surface area contributed by atoms with Crippen LogP contribution in [0, 0.1) is 0 Å². The van der Waals surface area contributed by atoms with Crippen molar-refractivity contribution in [1.82, 2.24) is 20.7 Å². The van der Waals surface area contributed by atoms with Gasteiger partial charge in [0.2, 0.25) is 5.95 Å². The minimum atomic E-state index is -0.515. The molecular formula is C18H20ClN5O2. The molecule has 1 aliphatic heterocycles. The molecule has 0 spiro atoms. The molecular weight excluding hydrogens is 354 g/mol. The number of carbonyl (C=O) groups excluding carboxylic acids is 1. The lowest BCUT2D eigenvalue weighted by atomic mass is 10.2. The monoisotopic (exact) mass is 373 g/mol. The van der Waals surface area contributed by atoms with Gasteiger partial charge in [-0.1, -0.05) is 37.1 Å². The molecule has 3 rings (SSSR count). The summed E-state index contributed by atoms with van der Waals surface area (Å²) in [5.74, 6) is 0.0314. The summed E-state index contributed by atoms with van der Waals surface area (Å²) in [5, 5.41) is 4.88. The average Bonchev–Trinajstić information content (AvgIpc) is 2.95. The molecule has 136 valence electrons. The summed E-state index contributed by atoms with van der Waals surface area (Å²) in [6, 6.07) is 8.32. The number of aromatic nitrogens is 2. The van der Waals surface area contributed by atoms with Crippen LogP contribution in [0.25, 0.3) is 0 Å². The Labute approximate surface area is 156 Å². The van der Waals surface area contributed by atoms with E-state index < -0.39 is 6.17 Å². The average molecular weight is 374 g/mol. The molecule has 1 aromatic carbocycles. The maximum absolute atomic E-state index is 12.6. The van der Waals surface area contributed by atoms with Crippen molar-refractivity contribution in [2.24, 2.45) is 0 Å². The highest BCUT2D eigenvalue weighted by atomic mass is 35.5. The number of halogens is 1. The lowest BCUT2D eigenvalue weighted by molar-refractivity contribution is 0.0943. The van der Waals surface area contributed by atoms with Crippen LogP contribution >= 0.6 is 11.6 Å². The Morgan fingerprint density at radius 2 is 2.15 bits per heavy atom. The molecule has 1 aliphatic rings. The third-order valence-corrected chi connectivity index (χ3v) is 4.23. The van der Waals surface area contributed by atoms with Crippen LogP contribution in [-0.4, -0.2) is 22.0 Å². The smallest absolute Gasteiger partial charge is 0.254 e. The summed E-state index contributed by atoms with van der Waals surface area (Å²) in [6.45, 7) is 3.89. The minimum Gasteiger partial charge on any atom is -0.327 e. The summed E-state index contributed by atoms with van der Waals surface area (Å²) in [7, 11) is 0. The van der Waals surface area contributed by atoms with Gasteiger partial charge in [-0.15, -0.1) is 0 Å². The first-order chi connectivity index (χ1) is 12.5. The number of rotatable bonds is 5. The van der Waals surface area contributed by atoms with Crippen molar-refractivity contribution in [3.8, 4) is 0 Å². The van der Waals surface area contributed by atoms with E-state index in [-0.39, 0.29) is 11.5 Å². The first-order valence-electron chi connectivity index (χ1n) is 8.38. The van der Waals surface area contributed by atoms with Gasteiger partial charge in [-0.3, -0.25) is 20.0 Å². The fourth-order valence-corrected chi connectivity index (χ4v) is 2.97. The Kier molecular flexibility index (Phi) is 5.27. The van der Waals surface area contributed by atoms with E-state index in [4.69, 9.17) is 11.6 Å². The maximum atomic E-state index is 12.6. The molecule has 1 unspecified atom stereocenters. The summed E-state index contributed by atoms with van der Waals surface area (Å²) < 4.78 is 0. The number of aromatic amines is 1. The number of hydrazine groups is 1. The Morgan fingerprint density at radius 1 is 1.38 bits per heavy atom. The number of allylic oxidation sites excluding steroid dienone is 1. The largest absolute Gasteiger partial charge is 0.327 e. The van der Waals surface area contributed by atoms with Crippen LogP contribution in [0.15, 0.2) is 46.9 Å². The molecule has 0 aliphatic carbocycles. The highest BCUT2D eigenvalue weighted by Gasteiger charge is 2.27. The lowest BCUT2D eigenvalue weighted by Gasteiger charge is -2.26. The molecule has 7 nitrogen and oxygen atoms in total. The number of aryl methyl sites for hydroxylation is 1. The van der Waals surface area contributed by atoms with Gasteiger partial charge >= 0.3 is 0 Å². The Hall–Kier alpha value is -2.80. The summed E-state index contributed by atoms with van der Waals surface area (Å²) in [5.41, 5.74) is 4.78. The molecule has 3 N–H and O–H groups in total. The zero-order chi connectivity index (χ0) is 18.7. The van der Waals surface area contributed by atoms with Gasteiger partial charge in [-0.2, -0.15) is 0 Å². The van der Waals surface area contributed by atoms with E-state index in [9.17, 15) is 9.59 Å². The van der Waals surface area contributed by atoms with Crippen LogP contribution in [0.3, 0.4) is 0 Å². The summed E-state index contributed by atoms with van der Waals surface area (Å²) >= 11 is 6.10. The van der Waals surface area contributed by atoms with Crippen molar-refractivity contribution in [2.75, 3.05) is 5.01 Å². The predicted molar refractivity (Wildman–Crippen MR) is 101 cm³/mol. The molecule has 8 heteroatoms. The second-order valence-electron chi connectivity index (χ2n) is 6.04. The minimum absolute atomic E-state index is 0.235. The first-order valence-corrected chi connectivity index (χ1v) is 8.75. The fourth-order valence-electron chi connectivity index (χ4n) is 2.75. The number of benzene rings is 1. The predicted octanol–water partition coefficient (Wildman–Crippen LogP) is 2.36. The van der Waals surface area contributed by atoms with E-state index in [1.807, 2.05) is 19.9 Å². The molecule has 0 saturated heterocycles. The summed E-state index contributed by atoms with van der Waals surface area (Å²) in [6.07, 6.45) is 2.90. The van der Waals surface area contributed by atoms with Gasteiger partial charge < -0.3 is 5.32 Å². The van der Waals surface area contributed by atoms with Crippen molar-refractivity contribution in [3.63, 3.8) is 0 Å². The molecule has 0 radical (unpaired) electrons. The number of nitrogens with one attached hydrogen (secondary N) is 3. The first kappa shape index (κ1) is 18.0. The molecule has 26 heavy (non-hydrogen) atoms. The van der Waals surface area contributed by atoms with Crippen LogP contribution in [0.4, 0.5) is 5.95 Å². The standard InChI is InChI=1S/C18H20ClN5O2/c1-3-6-12-10-16(25)22-18(20-12)24-15(9-11(2)23-24)21-17(26)13-7-4-5-8-14(13)19/h4-5,7-10,15,23H,3,6H2,1-2H3,(H,21,26)(H,20,22,25). The number of hydrogen-bond donors (Lipinski definition) is 3. The highest BCUT2D eigenvalue weighted by Crippen LogP contribution is 2.18. The van der Waals surface area contributed by atoms with E-state index in [1.54, 1.807) is 29.3 Å². The Balaban J connectivity index is 1.86. The number of carbonyl (C=O) groups is 1. The van der Waals surface area contributed by atoms with Gasteiger partial charge in [-0.25, -0.2) is 9.99 Å². The van der Waals surface area contributed by atoms with E-state index in [0.717, 1.165) is 12.1 Å². The molecule has 0 bridgehead atoms. The maximum Gasteiger partial charge on any atom is 0.254 e. The van der Waals surface area contributed by atoms with Crippen molar-refractivity contribution < 1.29 is 4.79 Å². The molecule has 0 fully saturated rings. The topological polar surface area (TPSA) is 90.1 Å². The third-order valence-electron chi connectivity index (χ3n) is 3.90.